The number of amides is 1. The van der Waals surface area contributed by atoms with Crippen molar-refractivity contribution in [3.63, 3.8) is 0 Å². The molecule has 0 radical (unpaired) electrons. The summed E-state index contributed by atoms with van der Waals surface area (Å²) in [5, 5.41) is 7.26. The molecule has 1 amide bonds. The van der Waals surface area contributed by atoms with Gasteiger partial charge in [0, 0.05) is 32.6 Å². The zero-order valence-electron chi connectivity index (χ0n) is 19.7. The molecule has 0 atom stereocenters. The van der Waals surface area contributed by atoms with Crippen LogP contribution in [0.25, 0.3) is 44.4 Å². The highest BCUT2D eigenvalue weighted by molar-refractivity contribution is 6.31. The van der Waals surface area contributed by atoms with Crippen molar-refractivity contribution in [2.45, 2.75) is 13.5 Å². The quantitative estimate of drug-likeness (QED) is 0.326. The topological polar surface area (TPSA) is 108 Å². The van der Waals surface area contributed by atoms with E-state index in [1.54, 1.807) is 48.7 Å². The van der Waals surface area contributed by atoms with Crippen LogP contribution in [-0.2, 0) is 11.3 Å². The van der Waals surface area contributed by atoms with Gasteiger partial charge >= 0.3 is 0 Å². The number of primary amides is 1. The second kappa shape index (κ2) is 8.76. The number of carbonyl (C=O) groups excluding carboxylic acids is 1. The molecule has 2 N–H and O–H groups in total. The minimum absolute atomic E-state index is 0.0322. The van der Waals surface area contributed by atoms with Gasteiger partial charge in [-0.05, 0) is 49.4 Å². The molecule has 0 unspecified atom stereocenters. The van der Waals surface area contributed by atoms with E-state index in [0.29, 0.717) is 27.3 Å². The van der Waals surface area contributed by atoms with E-state index >= 15 is 0 Å². The average Bonchev–Trinajstić information content (AvgIpc) is 3.42. The standard InChI is InChI=1S/C28H20ClN5O3/c1-16-21(19-6-3-5-9-23(19)33(16)15-26(30)35)14-31-34-27(32-22-8-4-2-7-20(22)28(34)36)25-13-17-12-18(29)10-11-24(17)37-25/h2-14H,15H2,1H3,(H2,30,35). The molecule has 8 nitrogen and oxygen atoms in total. The second-order valence-corrected chi connectivity index (χ2v) is 9.11. The maximum absolute atomic E-state index is 13.6. The van der Waals surface area contributed by atoms with E-state index in [1.807, 2.05) is 41.8 Å². The Morgan fingerprint density at radius 3 is 2.65 bits per heavy atom. The van der Waals surface area contributed by atoms with Gasteiger partial charge in [-0.1, -0.05) is 41.9 Å². The fourth-order valence-corrected chi connectivity index (χ4v) is 4.79. The van der Waals surface area contributed by atoms with Gasteiger partial charge in [-0.3, -0.25) is 9.59 Å². The molecule has 0 spiro atoms. The van der Waals surface area contributed by atoms with Crippen molar-refractivity contribution in [1.82, 2.24) is 14.2 Å². The van der Waals surface area contributed by atoms with E-state index < -0.39 is 5.91 Å². The van der Waals surface area contributed by atoms with Crippen LogP contribution in [0.1, 0.15) is 11.3 Å². The molecular formula is C28H20ClN5O3. The highest BCUT2D eigenvalue weighted by Gasteiger charge is 2.18. The molecule has 3 heterocycles. The zero-order chi connectivity index (χ0) is 25.7. The molecule has 0 aliphatic heterocycles. The van der Waals surface area contributed by atoms with Gasteiger partial charge in [0.2, 0.25) is 11.7 Å². The Hall–Kier alpha value is -4.69. The zero-order valence-corrected chi connectivity index (χ0v) is 20.4. The van der Waals surface area contributed by atoms with E-state index in [1.165, 1.54) is 4.68 Å². The summed E-state index contributed by atoms with van der Waals surface area (Å²) < 4.78 is 9.11. The first-order valence-corrected chi connectivity index (χ1v) is 11.9. The van der Waals surface area contributed by atoms with Crippen LogP contribution in [0.2, 0.25) is 5.02 Å². The first kappa shape index (κ1) is 22.8. The Labute approximate surface area is 215 Å². The number of nitrogens with zero attached hydrogens (tertiary/aromatic N) is 4. The molecule has 3 aromatic heterocycles. The van der Waals surface area contributed by atoms with Crippen LogP contribution < -0.4 is 11.3 Å². The van der Waals surface area contributed by atoms with Crippen LogP contribution in [0, 0.1) is 6.92 Å². The molecule has 6 aromatic rings. The summed E-state index contributed by atoms with van der Waals surface area (Å²) in [7, 11) is 0. The molecule has 9 heteroatoms. The Balaban J connectivity index is 1.58. The van der Waals surface area contributed by atoms with Crippen LogP contribution in [0.4, 0.5) is 0 Å². The van der Waals surface area contributed by atoms with Gasteiger partial charge in [-0.15, -0.1) is 0 Å². The number of aromatic nitrogens is 3. The van der Waals surface area contributed by atoms with Crippen molar-refractivity contribution in [3.05, 3.63) is 99.4 Å². The number of hydrogen-bond donors (Lipinski definition) is 1. The van der Waals surface area contributed by atoms with E-state index in [4.69, 9.17) is 26.7 Å². The van der Waals surface area contributed by atoms with Gasteiger partial charge in [-0.2, -0.15) is 9.78 Å². The summed E-state index contributed by atoms with van der Waals surface area (Å²) in [5.41, 5.74) is 8.70. The van der Waals surface area contributed by atoms with Crippen molar-refractivity contribution in [1.29, 1.82) is 0 Å². The molecule has 0 saturated heterocycles. The number of halogens is 1. The fourth-order valence-electron chi connectivity index (χ4n) is 4.61. The number of furan rings is 1. The third-order valence-corrected chi connectivity index (χ3v) is 6.58. The second-order valence-electron chi connectivity index (χ2n) is 8.68. The third-order valence-electron chi connectivity index (χ3n) is 6.35. The number of fused-ring (bicyclic) bond motifs is 3. The van der Waals surface area contributed by atoms with Crippen LogP contribution in [0.3, 0.4) is 0 Å². The molecule has 0 bridgehead atoms. The van der Waals surface area contributed by atoms with E-state index in [9.17, 15) is 9.59 Å². The largest absolute Gasteiger partial charge is 0.453 e. The van der Waals surface area contributed by atoms with Gasteiger partial charge in [0.1, 0.15) is 12.1 Å². The normalized spacial score (nSPS) is 11.8. The first-order valence-electron chi connectivity index (χ1n) is 11.5. The summed E-state index contributed by atoms with van der Waals surface area (Å²) in [5.74, 6) is 0.186. The van der Waals surface area contributed by atoms with Gasteiger partial charge in [-0.25, -0.2) is 4.98 Å². The summed E-state index contributed by atoms with van der Waals surface area (Å²) in [6.45, 7) is 1.92. The Morgan fingerprint density at radius 1 is 1.08 bits per heavy atom. The SMILES string of the molecule is Cc1c(C=Nn2c(-c3cc4cc(Cl)ccc4o3)nc3ccccc3c2=O)c2ccccc2n1CC(N)=O. The maximum Gasteiger partial charge on any atom is 0.282 e. The van der Waals surface area contributed by atoms with Crippen molar-refractivity contribution < 1.29 is 9.21 Å². The molecular weight excluding hydrogens is 490 g/mol. The molecule has 0 fully saturated rings. The van der Waals surface area contributed by atoms with Gasteiger partial charge < -0.3 is 14.7 Å². The Kier molecular flexibility index (Phi) is 5.39. The molecule has 0 aliphatic carbocycles. The minimum atomic E-state index is -0.449. The minimum Gasteiger partial charge on any atom is -0.453 e. The maximum atomic E-state index is 13.6. The van der Waals surface area contributed by atoms with Crippen LogP contribution in [-0.4, -0.2) is 26.3 Å². The number of rotatable bonds is 5. The number of hydrogen-bond acceptors (Lipinski definition) is 5. The van der Waals surface area contributed by atoms with Gasteiger partial charge in [0.25, 0.3) is 5.56 Å². The van der Waals surface area contributed by atoms with Gasteiger partial charge in [0.05, 0.1) is 17.1 Å². The van der Waals surface area contributed by atoms with Crippen molar-refractivity contribution in [3.8, 4) is 11.6 Å². The van der Waals surface area contributed by atoms with E-state index in [-0.39, 0.29) is 17.9 Å². The van der Waals surface area contributed by atoms with Crippen LogP contribution >= 0.6 is 11.6 Å². The summed E-state index contributed by atoms with van der Waals surface area (Å²) >= 11 is 6.16. The van der Waals surface area contributed by atoms with Crippen molar-refractivity contribution >= 4 is 56.5 Å². The number of nitrogens with two attached hydrogens (primary N) is 1. The lowest BCUT2D eigenvalue weighted by atomic mass is 10.1. The number of para-hydroxylation sites is 2. The lowest BCUT2D eigenvalue weighted by molar-refractivity contribution is -0.118. The van der Waals surface area contributed by atoms with Crippen molar-refractivity contribution in [2.75, 3.05) is 0 Å². The molecule has 6 rings (SSSR count). The lowest BCUT2D eigenvalue weighted by Crippen LogP contribution is -2.20. The fraction of sp³-hybridized carbons (Fsp3) is 0.0714. The first-order chi connectivity index (χ1) is 17.9. The monoisotopic (exact) mass is 509 g/mol. The predicted octanol–water partition coefficient (Wildman–Crippen LogP) is 5.09. The Morgan fingerprint density at radius 2 is 1.84 bits per heavy atom. The van der Waals surface area contributed by atoms with Crippen molar-refractivity contribution in [2.24, 2.45) is 10.8 Å². The smallest absolute Gasteiger partial charge is 0.282 e. The predicted molar refractivity (Wildman–Crippen MR) is 145 cm³/mol. The average molecular weight is 510 g/mol. The Bertz CT molecular complexity index is 1950. The summed E-state index contributed by atoms with van der Waals surface area (Å²) in [6.07, 6.45) is 1.61. The van der Waals surface area contributed by atoms with Crippen LogP contribution in [0.15, 0.2) is 87.1 Å². The third kappa shape index (κ3) is 3.88. The number of carbonyl (C=O) groups is 1. The molecule has 0 aliphatic rings. The number of benzene rings is 3. The summed E-state index contributed by atoms with van der Waals surface area (Å²) in [4.78, 5) is 30.0. The molecule has 0 saturated carbocycles. The molecule has 37 heavy (non-hydrogen) atoms. The highest BCUT2D eigenvalue weighted by atomic mass is 35.5. The van der Waals surface area contributed by atoms with Crippen LogP contribution in [0.5, 0.6) is 0 Å². The summed E-state index contributed by atoms with van der Waals surface area (Å²) in [6, 6.07) is 21.8. The van der Waals surface area contributed by atoms with E-state index in [2.05, 4.69) is 5.10 Å². The highest BCUT2D eigenvalue weighted by Crippen LogP contribution is 2.29. The van der Waals surface area contributed by atoms with Gasteiger partial charge in [0.15, 0.2) is 5.76 Å². The van der Waals surface area contributed by atoms with E-state index in [0.717, 1.165) is 27.5 Å². The molecule has 182 valence electrons. The lowest BCUT2D eigenvalue weighted by Gasteiger charge is -2.07. The molecule has 3 aromatic carbocycles.